The monoisotopic (exact) mass is 483 g/mol. The highest BCUT2D eigenvalue weighted by atomic mass is 16.5. The van der Waals surface area contributed by atoms with Gasteiger partial charge in [0.25, 0.3) is 5.91 Å². The van der Waals surface area contributed by atoms with Crippen LogP contribution in [0.25, 0.3) is 11.4 Å². The average Bonchev–Trinajstić information content (AvgIpc) is 3.32. The summed E-state index contributed by atoms with van der Waals surface area (Å²) in [6.45, 7) is 1.83. The largest absolute Gasteiger partial charge is 0.508 e. The van der Waals surface area contributed by atoms with Gasteiger partial charge >= 0.3 is 0 Å². The Morgan fingerprint density at radius 1 is 1.03 bits per heavy atom. The summed E-state index contributed by atoms with van der Waals surface area (Å²) in [4.78, 5) is 18.3. The van der Waals surface area contributed by atoms with Crippen LogP contribution in [0.1, 0.15) is 18.5 Å². The van der Waals surface area contributed by atoms with Crippen molar-refractivity contribution in [1.29, 1.82) is 0 Å². The van der Waals surface area contributed by atoms with Gasteiger partial charge in [0.05, 0.1) is 25.5 Å². The van der Waals surface area contributed by atoms with Gasteiger partial charge in [0.2, 0.25) is 5.95 Å². The molecule has 0 saturated heterocycles. The lowest BCUT2D eigenvalue weighted by molar-refractivity contribution is -0.113. The van der Waals surface area contributed by atoms with E-state index in [1.165, 1.54) is 0 Å². The quantitative estimate of drug-likeness (QED) is 0.368. The zero-order valence-corrected chi connectivity index (χ0v) is 20.0. The maximum atomic E-state index is 13.7. The minimum atomic E-state index is -0.569. The molecule has 4 aromatic rings. The van der Waals surface area contributed by atoms with E-state index in [9.17, 15) is 9.90 Å². The molecule has 1 aliphatic heterocycles. The number of fused-ring (bicyclic) bond motifs is 1. The van der Waals surface area contributed by atoms with Gasteiger partial charge in [-0.3, -0.25) is 4.79 Å². The first kappa shape index (κ1) is 23.0. The Morgan fingerprint density at radius 2 is 1.81 bits per heavy atom. The minimum Gasteiger partial charge on any atom is -0.508 e. The fourth-order valence-electron chi connectivity index (χ4n) is 4.24. The lowest BCUT2D eigenvalue weighted by Crippen LogP contribution is -2.31. The predicted molar refractivity (Wildman–Crippen MR) is 136 cm³/mol. The van der Waals surface area contributed by atoms with Crippen molar-refractivity contribution in [2.75, 3.05) is 24.9 Å². The Labute approximate surface area is 208 Å². The summed E-state index contributed by atoms with van der Waals surface area (Å²) in [5, 5.41) is 20.9. The van der Waals surface area contributed by atoms with E-state index < -0.39 is 6.04 Å². The van der Waals surface area contributed by atoms with Crippen LogP contribution in [0.2, 0.25) is 0 Å². The lowest BCUT2D eigenvalue weighted by atomic mass is 9.95. The number of para-hydroxylation sites is 2. The molecular weight excluding hydrogens is 458 g/mol. The van der Waals surface area contributed by atoms with Gasteiger partial charge in [-0.1, -0.05) is 36.4 Å². The summed E-state index contributed by atoms with van der Waals surface area (Å²) in [5.41, 5.74) is 3.17. The molecule has 1 aliphatic rings. The number of nitrogens with one attached hydrogen (secondary N) is 2. The maximum absolute atomic E-state index is 13.7. The Morgan fingerprint density at radius 3 is 2.53 bits per heavy atom. The smallest absolute Gasteiger partial charge is 0.255 e. The number of hydrogen-bond donors (Lipinski definition) is 3. The molecule has 0 spiro atoms. The number of benzene rings is 3. The number of methoxy groups -OCH3 is 2. The number of phenols is 1. The number of carbonyl (C=O) groups is 1. The van der Waals surface area contributed by atoms with Gasteiger partial charge in [-0.15, -0.1) is 5.10 Å². The Hall–Kier alpha value is -4.79. The molecule has 182 valence electrons. The SMILES string of the molecule is COc1ccc(C2C(C(=O)Nc3ccccc3OC)=C(C)Nc3nc(-c4cccc(O)c4)nn32)cc1. The first-order valence-electron chi connectivity index (χ1n) is 11.3. The van der Waals surface area contributed by atoms with E-state index in [-0.39, 0.29) is 11.7 Å². The highest BCUT2D eigenvalue weighted by Gasteiger charge is 2.34. The van der Waals surface area contributed by atoms with E-state index in [1.54, 1.807) is 49.2 Å². The second-order valence-electron chi connectivity index (χ2n) is 8.25. The number of nitrogens with zero attached hydrogens (tertiary/aromatic N) is 3. The Balaban J connectivity index is 1.60. The second kappa shape index (κ2) is 9.46. The molecule has 3 aromatic carbocycles. The van der Waals surface area contributed by atoms with Gasteiger partial charge in [0.15, 0.2) is 5.82 Å². The highest BCUT2D eigenvalue weighted by molar-refractivity contribution is 6.06. The van der Waals surface area contributed by atoms with Gasteiger partial charge < -0.3 is 25.2 Å². The molecule has 0 bridgehead atoms. The van der Waals surface area contributed by atoms with E-state index in [4.69, 9.17) is 14.6 Å². The number of anilines is 2. The fraction of sp³-hybridized carbons (Fsp3) is 0.148. The van der Waals surface area contributed by atoms with Crippen LogP contribution in [-0.4, -0.2) is 40.0 Å². The molecule has 0 aliphatic carbocycles. The summed E-state index contributed by atoms with van der Waals surface area (Å²) in [6.07, 6.45) is 0. The lowest BCUT2D eigenvalue weighted by Gasteiger charge is -2.29. The van der Waals surface area contributed by atoms with E-state index in [1.807, 2.05) is 49.4 Å². The number of aromatic hydroxyl groups is 1. The molecule has 0 radical (unpaired) electrons. The van der Waals surface area contributed by atoms with Crippen molar-refractivity contribution in [3.63, 3.8) is 0 Å². The van der Waals surface area contributed by atoms with Crippen LogP contribution in [0.4, 0.5) is 11.6 Å². The van der Waals surface area contributed by atoms with Crippen molar-refractivity contribution in [1.82, 2.24) is 14.8 Å². The van der Waals surface area contributed by atoms with Crippen molar-refractivity contribution in [3.8, 4) is 28.6 Å². The van der Waals surface area contributed by atoms with Crippen LogP contribution < -0.4 is 20.1 Å². The highest BCUT2D eigenvalue weighted by Crippen LogP contribution is 2.38. The number of allylic oxidation sites excluding steroid dienone is 1. The molecule has 5 rings (SSSR count). The standard InChI is InChI=1S/C27H25N5O4/c1-16-23(26(34)29-21-9-4-5-10-22(21)36-3)24(17-11-13-20(35-2)14-12-17)32-27(28-16)30-25(31-32)18-7-6-8-19(33)15-18/h4-15,24,33H,1-3H3,(H,29,34)(H,28,30,31). The van der Waals surface area contributed by atoms with Crippen molar-refractivity contribution in [2.45, 2.75) is 13.0 Å². The van der Waals surface area contributed by atoms with Crippen LogP contribution >= 0.6 is 0 Å². The molecule has 1 unspecified atom stereocenters. The molecule has 1 amide bonds. The van der Waals surface area contributed by atoms with Gasteiger partial charge in [-0.05, 0) is 48.9 Å². The van der Waals surface area contributed by atoms with Crippen LogP contribution in [0.15, 0.2) is 84.1 Å². The van der Waals surface area contributed by atoms with Crippen LogP contribution in [-0.2, 0) is 4.79 Å². The molecule has 1 atom stereocenters. The number of rotatable bonds is 6. The molecular formula is C27H25N5O4. The van der Waals surface area contributed by atoms with E-state index >= 15 is 0 Å². The number of carbonyl (C=O) groups excluding carboxylic acids is 1. The van der Waals surface area contributed by atoms with Crippen molar-refractivity contribution >= 4 is 17.5 Å². The molecule has 2 heterocycles. The van der Waals surface area contributed by atoms with E-state index in [0.717, 1.165) is 5.56 Å². The topological polar surface area (TPSA) is 111 Å². The normalized spacial score (nSPS) is 14.6. The van der Waals surface area contributed by atoms with Gasteiger partial charge in [-0.2, -0.15) is 4.98 Å². The summed E-state index contributed by atoms with van der Waals surface area (Å²) in [7, 11) is 3.16. The van der Waals surface area contributed by atoms with E-state index in [0.29, 0.717) is 45.8 Å². The molecule has 0 saturated carbocycles. The third-order valence-electron chi connectivity index (χ3n) is 5.99. The second-order valence-corrected chi connectivity index (χ2v) is 8.25. The molecule has 36 heavy (non-hydrogen) atoms. The summed E-state index contributed by atoms with van der Waals surface area (Å²) < 4.78 is 12.4. The number of ether oxygens (including phenoxy) is 2. The number of amides is 1. The molecule has 9 nitrogen and oxygen atoms in total. The Bertz CT molecular complexity index is 1460. The third-order valence-corrected chi connectivity index (χ3v) is 5.99. The summed E-state index contributed by atoms with van der Waals surface area (Å²) in [5.74, 6) is 1.98. The van der Waals surface area contributed by atoms with Crippen molar-refractivity contribution in [3.05, 3.63) is 89.6 Å². The molecule has 3 N–H and O–H groups in total. The maximum Gasteiger partial charge on any atom is 0.255 e. The zero-order chi connectivity index (χ0) is 25.2. The number of phenolic OH excluding ortho intramolecular Hbond substituents is 1. The first-order chi connectivity index (χ1) is 17.5. The number of aromatic nitrogens is 3. The molecule has 9 heteroatoms. The first-order valence-corrected chi connectivity index (χ1v) is 11.3. The Kier molecular flexibility index (Phi) is 6.03. The van der Waals surface area contributed by atoms with Crippen LogP contribution in [0.5, 0.6) is 17.2 Å². The van der Waals surface area contributed by atoms with Crippen LogP contribution in [0.3, 0.4) is 0 Å². The predicted octanol–water partition coefficient (Wildman–Crippen LogP) is 4.60. The number of hydrogen-bond acceptors (Lipinski definition) is 7. The van der Waals surface area contributed by atoms with Gasteiger partial charge in [0, 0.05) is 11.3 Å². The van der Waals surface area contributed by atoms with Gasteiger partial charge in [-0.25, -0.2) is 4.68 Å². The molecule has 1 aromatic heterocycles. The van der Waals surface area contributed by atoms with Crippen LogP contribution in [0, 0.1) is 0 Å². The van der Waals surface area contributed by atoms with Gasteiger partial charge in [0.1, 0.15) is 23.3 Å². The van der Waals surface area contributed by atoms with Crippen molar-refractivity contribution < 1.29 is 19.4 Å². The summed E-state index contributed by atoms with van der Waals surface area (Å²) in [6, 6.07) is 20.9. The minimum absolute atomic E-state index is 0.117. The average molecular weight is 484 g/mol. The van der Waals surface area contributed by atoms with E-state index in [2.05, 4.69) is 15.6 Å². The third kappa shape index (κ3) is 4.22. The zero-order valence-electron chi connectivity index (χ0n) is 20.0. The van der Waals surface area contributed by atoms with Crippen molar-refractivity contribution in [2.24, 2.45) is 0 Å². The fourth-order valence-corrected chi connectivity index (χ4v) is 4.24. The summed E-state index contributed by atoms with van der Waals surface area (Å²) >= 11 is 0. The molecule has 0 fully saturated rings.